The highest BCUT2D eigenvalue weighted by molar-refractivity contribution is 7.89. The lowest BCUT2D eigenvalue weighted by atomic mass is 9.96. The molecule has 1 amide bonds. The van der Waals surface area contributed by atoms with Gasteiger partial charge in [-0.25, -0.2) is 13.1 Å². The van der Waals surface area contributed by atoms with E-state index >= 15 is 0 Å². The number of nitrogens with one attached hydrogen (secondary N) is 2. The van der Waals surface area contributed by atoms with Crippen LogP contribution in [-0.2, 0) is 14.8 Å². The number of anilines is 1. The molecule has 0 spiro atoms. The molecule has 2 N–H and O–H groups in total. The lowest BCUT2D eigenvalue weighted by Crippen LogP contribution is -2.36. The van der Waals surface area contributed by atoms with Crippen molar-refractivity contribution in [2.24, 2.45) is 0 Å². The zero-order chi connectivity index (χ0) is 23.3. The van der Waals surface area contributed by atoms with Gasteiger partial charge in [0.1, 0.15) is 5.75 Å². The Hall–Kier alpha value is -2.98. The molecule has 0 aliphatic heterocycles. The molecular weight excluding hydrogens is 434 g/mol. The second-order valence-corrected chi connectivity index (χ2v) is 9.69. The van der Waals surface area contributed by atoms with E-state index in [9.17, 15) is 23.3 Å². The number of sulfonamides is 1. The Bertz CT molecular complexity index is 1110. The molecule has 0 atom stereocenters. The van der Waals surface area contributed by atoms with Crippen molar-refractivity contribution >= 4 is 27.3 Å². The number of benzene rings is 2. The Balaban J connectivity index is 1.62. The molecule has 0 bridgehead atoms. The number of carbonyl (C=O) groups is 1. The molecule has 1 fully saturated rings. The molecule has 0 heterocycles. The summed E-state index contributed by atoms with van der Waals surface area (Å²) < 4.78 is 33.7. The molecule has 3 rings (SSSR count). The zero-order valence-corrected chi connectivity index (χ0v) is 18.9. The van der Waals surface area contributed by atoms with Crippen molar-refractivity contribution < 1.29 is 22.9 Å². The number of nitro benzene ring substituents is 1. The Morgan fingerprint density at radius 3 is 2.47 bits per heavy atom. The first-order valence-electron chi connectivity index (χ1n) is 10.5. The van der Waals surface area contributed by atoms with Crippen LogP contribution in [0.15, 0.2) is 41.3 Å². The monoisotopic (exact) mass is 461 g/mol. The highest BCUT2D eigenvalue weighted by Gasteiger charge is 2.22. The van der Waals surface area contributed by atoms with E-state index in [1.165, 1.54) is 30.3 Å². The van der Waals surface area contributed by atoms with Gasteiger partial charge in [-0.05, 0) is 56.0 Å². The lowest BCUT2D eigenvalue weighted by molar-refractivity contribution is -0.384. The van der Waals surface area contributed by atoms with E-state index in [1.54, 1.807) is 19.9 Å². The van der Waals surface area contributed by atoms with Gasteiger partial charge in [-0.3, -0.25) is 14.9 Å². The maximum atomic E-state index is 12.7. The second-order valence-electron chi connectivity index (χ2n) is 7.98. The Morgan fingerprint density at radius 2 is 1.81 bits per heavy atom. The number of hydrogen-bond acceptors (Lipinski definition) is 6. The van der Waals surface area contributed by atoms with Crippen LogP contribution in [0.1, 0.15) is 43.2 Å². The second kappa shape index (κ2) is 10.1. The number of aryl methyl sites for hydroxylation is 2. The van der Waals surface area contributed by atoms with Crippen LogP contribution >= 0.6 is 0 Å². The summed E-state index contributed by atoms with van der Waals surface area (Å²) in [4.78, 5) is 22.8. The quantitative estimate of drug-likeness (QED) is 0.454. The molecule has 9 nitrogen and oxygen atoms in total. The molecule has 0 unspecified atom stereocenters. The van der Waals surface area contributed by atoms with Gasteiger partial charge in [-0.15, -0.1) is 0 Å². The molecule has 0 radical (unpaired) electrons. The molecule has 0 aromatic heterocycles. The molecule has 172 valence electrons. The van der Waals surface area contributed by atoms with Crippen molar-refractivity contribution in [3.8, 4) is 5.75 Å². The number of amides is 1. The van der Waals surface area contributed by atoms with Gasteiger partial charge >= 0.3 is 0 Å². The minimum atomic E-state index is -3.63. The summed E-state index contributed by atoms with van der Waals surface area (Å²) in [7, 11) is -3.63. The number of hydrogen-bond donors (Lipinski definition) is 2. The fourth-order valence-electron chi connectivity index (χ4n) is 3.65. The third-order valence-electron chi connectivity index (χ3n) is 5.45. The first-order chi connectivity index (χ1) is 15.2. The van der Waals surface area contributed by atoms with Crippen LogP contribution < -0.4 is 14.8 Å². The molecule has 2 aromatic carbocycles. The van der Waals surface area contributed by atoms with E-state index < -0.39 is 20.9 Å². The van der Waals surface area contributed by atoms with Crippen molar-refractivity contribution in [2.75, 3.05) is 11.9 Å². The highest BCUT2D eigenvalue weighted by Crippen LogP contribution is 2.25. The largest absolute Gasteiger partial charge is 0.483 e. The van der Waals surface area contributed by atoms with Crippen molar-refractivity contribution in [3.05, 3.63) is 57.6 Å². The molecule has 2 aromatic rings. The number of nitrogens with zero attached hydrogens (tertiary/aromatic N) is 1. The highest BCUT2D eigenvalue weighted by atomic mass is 32.2. The standard InChI is InChI=1S/C22H27N3O6S/c1-15-8-9-18(25(27)28)13-20(15)23-22(26)14-31-21-11-10-19(12-16(21)2)32(29,30)24-17-6-4-3-5-7-17/h8-13,17,24H,3-7,14H2,1-2H3,(H,23,26). The third-order valence-corrected chi connectivity index (χ3v) is 6.97. The third kappa shape index (κ3) is 6.04. The first-order valence-corrected chi connectivity index (χ1v) is 11.9. The van der Waals surface area contributed by atoms with Gasteiger partial charge in [0.25, 0.3) is 11.6 Å². The number of nitro groups is 1. The van der Waals surface area contributed by atoms with Gasteiger partial charge in [-0.1, -0.05) is 25.3 Å². The van der Waals surface area contributed by atoms with Gasteiger partial charge < -0.3 is 10.1 Å². The fourth-order valence-corrected chi connectivity index (χ4v) is 5.04. The van der Waals surface area contributed by atoms with E-state index in [2.05, 4.69) is 10.0 Å². The van der Waals surface area contributed by atoms with Gasteiger partial charge in [-0.2, -0.15) is 0 Å². The van der Waals surface area contributed by atoms with Gasteiger partial charge in [0.05, 0.1) is 15.5 Å². The molecule has 1 saturated carbocycles. The topological polar surface area (TPSA) is 128 Å². The maximum Gasteiger partial charge on any atom is 0.271 e. The number of ether oxygens (including phenoxy) is 1. The van der Waals surface area contributed by atoms with E-state index in [4.69, 9.17) is 4.74 Å². The lowest BCUT2D eigenvalue weighted by Gasteiger charge is -2.22. The molecule has 10 heteroatoms. The predicted molar refractivity (Wildman–Crippen MR) is 120 cm³/mol. The zero-order valence-electron chi connectivity index (χ0n) is 18.1. The SMILES string of the molecule is Cc1ccc([N+](=O)[O-])cc1NC(=O)COc1ccc(S(=O)(=O)NC2CCCCC2)cc1C. The smallest absolute Gasteiger partial charge is 0.271 e. The summed E-state index contributed by atoms with van der Waals surface area (Å²) in [5.74, 6) is -0.101. The molecule has 0 saturated heterocycles. The number of non-ortho nitro benzene ring substituents is 1. The van der Waals surface area contributed by atoms with E-state index in [0.29, 0.717) is 22.6 Å². The van der Waals surface area contributed by atoms with Crippen molar-refractivity contribution in [1.29, 1.82) is 0 Å². The predicted octanol–water partition coefficient (Wildman–Crippen LogP) is 3.84. The van der Waals surface area contributed by atoms with Gasteiger partial charge in [0, 0.05) is 18.2 Å². The van der Waals surface area contributed by atoms with Crippen LogP contribution in [-0.4, -0.2) is 31.9 Å². The van der Waals surface area contributed by atoms with Crippen LogP contribution in [0.4, 0.5) is 11.4 Å². The van der Waals surface area contributed by atoms with Crippen molar-refractivity contribution in [1.82, 2.24) is 4.72 Å². The summed E-state index contributed by atoms with van der Waals surface area (Å²) in [6.45, 7) is 3.11. The minimum absolute atomic E-state index is 0.0362. The normalized spacial score (nSPS) is 14.7. The van der Waals surface area contributed by atoms with Crippen LogP contribution in [0.5, 0.6) is 5.75 Å². The van der Waals surface area contributed by atoms with Gasteiger partial charge in [0.2, 0.25) is 10.0 Å². The van der Waals surface area contributed by atoms with Crippen molar-refractivity contribution in [2.45, 2.75) is 56.9 Å². The van der Waals surface area contributed by atoms with Crippen LogP contribution in [0.25, 0.3) is 0 Å². The Kier molecular flexibility index (Phi) is 7.47. The van der Waals surface area contributed by atoms with E-state index in [0.717, 1.165) is 32.1 Å². The Morgan fingerprint density at radius 1 is 1.09 bits per heavy atom. The molecule has 1 aliphatic carbocycles. The van der Waals surface area contributed by atoms with E-state index in [1.807, 2.05) is 0 Å². The molecular formula is C22H27N3O6S. The summed E-state index contributed by atoms with van der Waals surface area (Å²) in [6.07, 6.45) is 4.88. The number of rotatable bonds is 8. The summed E-state index contributed by atoms with van der Waals surface area (Å²) in [5, 5.41) is 13.5. The molecule has 32 heavy (non-hydrogen) atoms. The summed E-state index contributed by atoms with van der Waals surface area (Å²) in [5.41, 5.74) is 1.47. The minimum Gasteiger partial charge on any atom is -0.483 e. The van der Waals surface area contributed by atoms with Gasteiger partial charge in [0.15, 0.2) is 6.61 Å². The Labute approximate surface area is 187 Å². The summed E-state index contributed by atoms with van der Waals surface area (Å²) >= 11 is 0. The van der Waals surface area contributed by atoms with Crippen LogP contribution in [0, 0.1) is 24.0 Å². The maximum absolute atomic E-state index is 12.7. The summed E-state index contributed by atoms with van der Waals surface area (Å²) in [6, 6.07) is 8.67. The average Bonchev–Trinajstić information content (AvgIpc) is 2.74. The number of carbonyl (C=O) groups excluding carboxylic acids is 1. The van der Waals surface area contributed by atoms with Crippen LogP contribution in [0.2, 0.25) is 0 Å². The van der Waals surface area contributed by atoms with Crippen LogP contribution in [0.3, 0.4) is 0 Å². The fraction of sp³-hybridized carbons (Fsp3) is 0.409. The first kappa shape index (κ1) is 23.7. The van der Waals surface area contributed by atoms with Crippen molar-refractivity contribution in [3.63, 3.8) is 0 Å². The van der Waals surface area contributed by atoms with E-state index in [-0.39, 0.29) is 23.2 Å². The molecule has 1 aliphatic rings. The average molecular weight is 462 g/mol.